The van der Waals surface area contributed by atoms with Crippen LogP contribution in [0.15, 0.2) is 54.9 Å². The Balaban J connectivity index is 1.52. The van der Waals surface area contributed by atoms with Crippen molar-refractivity contribution in [2.45, 2.75) is 18.8 Å². The van der Waals surface area contributed by atoms with Crippen molar-refractivity contribution in [3.05, 3.63) is 71.5 Å². The molecule has 1 amide bonds. The lowest BCUT2D eigenvalue weighted by molar-refractivity contribution is 0.0693. The van der Waals surface area contributed by atoms with Gasteiger partial charge >= 0.3 is 5.97 Å². The van der Waals surface area contributed by atoms with Crippen LogP contribution in [0.25, 0.3) is 11.0 Å². The number of carboxylic acids is 1. The van der Waals surface area contributed by atoms with E-state index in [1.165, 1.54) is 0 Å². The van der Waals surface area contributed by atoms with Crippen LogP contribution in [0.2, 0.25) is 0 Å². The van der Waals surface area contributed by atoms with Crippen molar-refractivity contribution >= 4 is 22.9 Å². The number of hydrogen-bond acceptors (Lipinski definition) is 4. The van der Waals surface area contributed by atoms with E-state index in [2.05, 4.69) is 9.97 Å². The first-order valence-corrected chi connectivity index (χ1v) is 8.95. The minimum absolute atomic E-state index is 0.00518. The molecule has 4 rings (SSSR count). The minimum atomic E-state index is -0.929. The third-order valence-corrected chi connectivity index (χ3v) is 5.05. The van der Waals surface area contributed by atoms with Gasteiger partial charge in [0.1, 0.15) is 0 Å². The molecule has 3 aromatic rings. The number of hydrogen-bond donors (Lipinski definition) is 1. The smallest absolute Gasteiger partial charge is 0.335 e. The van der Waals surface area contributed by atoms with Crippen molar-refractivity contribution in [2.75, 3.05) is 13.1 Å². The van der Waals surface area contributed by atoms with Crippen molar-refractivity contribution in [1.82, 2.24) is 14.9 Å². The second kappa shape index (κ2) is 7.15. The van der Waals surface area contributed by atoms with Gasteiger partial charge in [0.25, 0.3) is 5.91 Å². The van der Waals surface area contributed by atoms with Crippen LogP contribution >= 0.6 is 0 Å². The Morgan fingerprint density at radius 2 is 1.67 bits per heavy atom. The molecule has 1 N–H and O–H groups in total. The van der Waals surface area contributed by atoms with Gasteiger partial charge < -0.3 is 10.0 Å². The molecular formula is C21H19N3O3. The largest absolute Gasteiger partial charge is 0.478 e. The third kappa shape index (κ3) is 3.51. The number of fused-ring (bicyclic) bond motifs is 1. The summed E-state index contributed by atoms with van der Waals surface area (Å²) < 4.78 is 0. The van der Waals surface area contributed by atoms with Crippen LogP contribution in [-0.4, -0.2) is 44.9 Å². The molecule has 0 spiro atoms. The zero-order chi connectivity index (χ0) is 18.8. The van der Waals surface area contributed by atoms with Crippen LogP contribution in [0.1, 0.15) is 45.0 Å². The summed E-state index contributed by atoms with van der Waals surface area (Å²) in [4.78, 5) is 34.4. The number of piperidine rings is 1. The number of carboxylic acid groups (broad SMARTS) is 1. The van der Waals surface area contributed by atoms with Crippen LogP contribution in [0.3, 0.4) is 0 Å². The second-order valence-electron chi connectivity index (χ2n) is 6.78. The number of nitrogens with zero attached hydrogens (tertiary/aromatic N) is 3. The predicted molar refractivity (Wildman–Crippen MR) is 101 cm³/mol. The Labute approximate surface area is 156 Å². The van der Waals surface area contributed by atoms with Gasteiger partial charge in [-0.3, -0.25) is 14.8 Å². The molecule has 0 radical (unpaired) electrons. The summed E-state index contributed by atoms with van der Waals surface area (Å²) in [5, 5.41) is 9.04. The van der Waals surface area contributed by atoms with Gasteiger partial charge in [-0.25, -0.2) is 4.79 Å². The number of benzene rings is 2. The van der Waals surface area contributed by atoms with Gasteiger partial charge in [0.2, 0.25) is 0 Å². The number of carbonyl (C=O) groups is 2. The lowest BCUT2D eigenvalue weighted by Gasteiger charge is -2.33. The summed E-state index contributed by atoms with van der Waals surface area (Å²) in [5.41, 5.74) is 3.44. The molecule has 27 heavy (non-hydrogen) atoms. The molecule has 1 atom stereocenters. The quantitative estimate of drug-likeness (QED) is 0.773. The topological polar surface area (TPSA) is 83.4 Å². The lowest BCUT2D eigenvalue weighted by Crippen LogP contribution is -2.39. The number of aromatic carboxylic acids is 1. The van der Waals surface area contributed by atoms with E-state index in [0.717, 1.165) is 30.5 Å². The molecular weight excluding hydrogens is 342 g/mol. The third-order valence-electron chi connectivity index (χ3n) is 5.05. The monoisotopic (exact) mass is 361 g/mol. The van der Waals surface area contributed by atoms with E-state index < -0.39 is 5.97 Å². The number of amides is 1. The molecule has 1 fully saturated rings. The molecule has 2 aromatic carbocycles. The second-order valence-corrected chi connectivity index (χ2v) is 6.78. The molecule has 0 aliphatic carbocycles. The highest BCUT2D eigenvalue weighted by atomic mass is 16.4. The van der Waals surface area contributed by atoms with E-state index in [1.54, 1.807) is 36.7 Å². The van der Waals surface area contributed by atoms with Crippen molar-refractivity contribution in [1.29, 1.82) is 0 Å². The zero-order valence-corrected chi connectivity index (χ0v) is 14.7. The normalized spacial score (nSPS) is 17.0. The van der Waals surface area contributed by atoms with Crippen molar-refractivity contribution < 1.29 is 14.7 Å². The number of aromatic nitrogens is 2. The standard InChI is InChI=1S/C21H19N3O3/c25-20(16-7-8-18-19(12-16)23-10-9-22-18)24-11-1-2-17(13-24)14-3-5-15(6-4-14)21(26)27/h3-10,12,17H,1-2,11,13H2,(H,26,27)/t17-/m1/s1. The van der Waals surface area contributed by atoms with E-state index in [9.17, 15) is 9.59 Å². The number of carbonyl (C=O) groups excluding carboxylic acids is 1. The minimum Gasteiger partial charge on any atom is -0.478 e. The molecule has 1 aromatic heterocycles. The SMILES string of the molecule is O=C(O)c1ccc([C@@H]2CCCN(C(=O)c3ccc4nccnc4c3)C2)cc1. The number of rotatable bonds is 3. The van der Waals surface area contributed by atoms with Gasteiger partial charge in [-0.15, -0.1) is 0 Å². The van der Waals surface area contributed by atoms with E-state index in [-0.39, 0.29) is 17.4 Å². The average Bonchev–Trinajstić information content (AvgIpc) is 2.73. The first-order valence-electron chi connectivity index (χ1n) is 8.95. The predicted octanol–water partition coefficient (Wildman–Crippen LogP) is 3.35. The Kier molecular flexibility index (Phi) is 4.54. The molecule has 0 unspecified atom stereocenters. The summed E-state index contributed by atoms with van der Waals surface area (Å²) >= 11 is 0. The summed E-state index contributed by atoms with van der Waals surface area (Å²) in [6.07, 6.45) is 5.16. The molecule has 6 nitrogen and oxygen atoms in total. The van der Waals surface area contributed by atoms with Gasteiger partial charge in [0, 0.05) is 37.0 Å². The summed E-state index contributed by atoms with van der Waals surface area (Å²) in [7, 11) is 0. The summed E-state index contributed by atoms with van der Waals surface area (Å²) in [5.74, 6) is -0.721. The average molecular weight is 361 g/mol. The molecule has 0 bridgehead atoms. The Morgan fingerprint density at radius 1 is 0.963 bits per heavy atom. The highest BCUT2D eigenvalue weighted by Crippen LogP contribution is 2.28. The van der Waals surface area contributed by atoms with Crippen molar-refractivity contribution in [3.8, 4) is 0 Å². The molecule has 6 heteroatoms. The van der Waals surface area contributed by atoms with Gasteiger partial charge in [-0.05, 0) is 48.7 Å². The molecule has 0 saturated carbocycles. The van der Waals surface area contributed by atoms with Crippen molar-refractivity contribution in [2.24, 2.45) is 0 Å². The first kappa shape index (κ1) is 17.1. The molecule has 1 aliphatic rings. The van der Waals surface area contributed by atoms with E-state index >= 15 is 0 Å². The Morgan fingerprint density at radius 3 is 2.41 bits per heavy atom. The van der Waals surface area contributed by atoms with Gasteiger partial charge in [0.05, 0.1) is 16.6 Å². The van der Waals surface area contributed by atoms with E-state index in [0.29, 0.717) is 17.6 Å². The molecule has 1 saturated heterocycles. The van der Waals surface area contributed by atoms with Crippen LogP contribution in [0.4, 0.5) is 0 Å². The Bertz CT molecular complexity index is 1000. The van der Waals surface area contributed by atoms with E-state index in [4.69, 9.17) is 5.11 Å². The molecule has 1 aliphatic heterocycles. The van der Waals surface area contributed by atoms with Gasteiger partial charge in [-0.2, -0.15) is 0 Å². The maximum atomic E-state index is 13.0. The van der Waals surface area contributed by atoms with Gasteiger partial charge in [0.15, 0.2) is 0 Å². The lowest BCUT2D eigenvalue weighted by atomic mass is 9.90. The first-order chi connectivity index (χ1) is 13.1. The zero-order valence-electron chi connectivity index (χ0n) is 14.7. The Hall–Kier alpha value is -3.28. The highest BCUT2D eigenvalue weighted by molar-refractivity contribution is 5.97. The van der Waals surface area contributed by atoms with Crippen LogP contribution in [-0.2, 0) is 0 Å². The maximum Gasteiger partial charge on any atom is 0.335 e. The van der Waals surface area contributed by atoms with Crippen LogP contribution < -0.4 is 0 Å². The molecule has 136 valence electrons. The van der Waals surface area contributed by atoms with Crippen LogP contribution in [0.5, 0.6) is 0 Å². The number of likely N-dealkylation sites (tertiary alicyclic amines) is 1. The fourth-order valence-electron chi connectivity index (χ4n) is 3.61. The maximum absolute atomic E-state index is 13.0. The van der Waals surface area contributed by atoms with E-state index in [1.807, 2.05) is 23.1 Å². The van der Waals surface area contributed by atoms with Crippen molar-refractivity contribution in [3.63, 3.8) is 0 Å². The fraction of sp³-hybridized carbons (Fsp3) is 0.238. The highest BCUT2D eigenvalue weighted by Gasteiger charge is 2.25. The fourth-order valence-corrected chi connectivity index (χ4v) is 3.61. The summed E-state index contributed by atoms with van der Waals surface area (Å²) in [6, 6.07) is 12.4. The molecule has 2 heterocycles. The van der Waals surface area contributed by atoms with Crippen LogP contribution in [0, 0.1) is 0 Å². The van der Waals surface area contributed by atoms with Gasteiger partial charge in [-0.1, -0.05) is 12.1 Å². The summed E-state index contributed by atoms with van der Waals surface area (Å²) in [6.45, 7) is 1.35.